The second kappa shape index (κ2) is 11.6. The summed E-state index contributed by atoms with van der Waals surface area (Å²) in [6, 6.07) is 20.6. The van der Waals surface area contributed by atoms with Crippen molar-refractivity contribution in [3.63, 3.8) is 0 Å². The summed E-state index contributed by atoms with van der Waals surface area (Å²) >= 11 is 0. The second-order valence-electron chi connectivity index (χ2n) is 11.6. The molecule has 0 heterocycles. The molecule has 3 unspecified atom stereocenters. The molecule has 1 aliphatic carbocycles. The first-order chi connectivity index (χ1) is 16.5. The van der Waals surface area contributed by atoms with Crippen LogP contribution in [0.15, 0.2) is 72.8 Å². The maximum absolute atomic E-state index is 13.3. The first kappa shape index (κ1) is 27.2. The van der Waals surface area contributed by atoms with E-state index in [9.17, 15) is 4.79 Å². The van der Waals surface area contributed by atoms with E-state index in [1.807, 2.05) is 42.2 Å². The molecular weight excluding hydrogens is 450 g/mol. The average Bonchev–Trinajstić information content (AvgIpc) is 3.24. The van der Waals surface area contributed by atoms with Gasteiger partial charge in [-0.05, 0) is 60.9 Å². The molecule has 0 aromatic heterocycles. The van der Waals surface area contributed by atoms with E-state index in [0.29, 0.717) is 18.4 Å². The third kappa shape index (κ3) is 7.31. The van der Waals surface area contributed by atoms with Gasteiger partial charge >= 0.3 is 6.09 Å². The quantitative estimate of drug-likeness (QED) is 0.264. The first-order valence-electron chi connectivity index (χ1n) is 12.8. The van der Waals surface area contributed by atoms with E-state index >= 15 is 0 Å². The fraction of sp³-hybridized carbons (Fsp3) is 0.500. The van der Waals surface area contributed by atoms with Crippen LogP contribution in [0.2, 0.25) is 18.1 Å². The van der Waals surface area contributed by atoms with Gasteiger partial charge in [0.2, 0.25) is 0 Å². The Labute approximate surface area is 213 Å². The molecule has 0 radical (unpaired) electrons. The molecule has 4 nitrogen and oxygen atoms in total. The van der Waals surface area contributed by atoms with Crippen LogP contribution in [0, 0.1) is 5.92 Å². The topological polar surface area (TPSA) is 38.8 Å². The van der Waals surface area contributed by atoms with Gasteiger partial charge in [-0.25, -0.2) is 4.79 Å². The molecule has 1 saturated carbocycles. The Morgan fingerprint density at radius 1 is 1.03 bits per heavy atom. The van der Waals surface area contributed by atoms with Crippen molar-refractivity contribution in [1.82, 2.24) is 4.90 Å². The van der Waals surface area contributed by atoms with E-state index in [0.717, 1.165) is 30.6 Å². The van der Waals surface area contributed by atoms with Crippen molar-refractivity contribution in [3.8, 4) is 0 Å². The van der Waals surface area contributed by atoms with Gasteiger partial charge in [-0.15, -0.1) is 0 Å². The summed E-state index contributed by atoms with van der Waals surface area (Å²) < 4.78 is 12.5. The number of carbonyl (C=O) groups excluding carboxylic acids is 1. The molecule has 1 amide bonds. The largest absolute Gasteiger partial charge is 0.445 e. The van der Waals surface area contributed by atoms with E-state index in [4.69, 9.17) is 9.16 Å². The smallest absolute Gasteiger partial charge is 0.410 e. The van der Waals surface area contributed by atoms with Crippen LogP contribution in [-0.4, -0.2) is 38.5 Å². The molecule has 190 valence electrons. The number of hydrogen-bond acceptors (Lipinski definition) is 3. The minimum Gasteiger partial charge on any atom is -0.445 e. The average molecular weight is 494 g/mol. The van der Waals surface area contributed by atoms with Crippen molar-refractivity contribution in [2.45, 2.75) is 77.2 Å². The summed E-state index contributed by atoms with van der Waals surface area (Å²) in [5.41, 5.74) is 3.27. The lowest BCUT2D eigenvalue weighted by atomic mass is 9.89. The first-order valence-corrected chi connectivity index (χ1v) is 15.7. The van der Waals surface area contributed by atoms with Crippen LogP contribution < -0.4 is 0 Å². The van der Waals surface area contributed by atoms with E-state index in [1.165, 1.54) is 5.56 Å². The molecule has 1 fully saturated rings. The highest BCUT2D eigenvalue weighted by Gasteiger charge is 2.43. The van der Waals surface area contributed by atoms with Crippen molar-refractivity contribution in [3.05, 3.63) is 83.9 Å². The van der Waals surface area contributed by atoms with Crippen molar-refractivity contribution < 1.29 is 14.0 Å². The van der Waals surface area contributed by atoms with Crippen LogP contribution in [0.3, 0.4) is 0 Å². The van der Waals surface area contributed by atoms with Crippen LogP contribution in [0.25, 0.3) is 0 Å². The summed E-state index contributed by atoms with van der Waals surface area (Å²) in [6.45, 7) is 19.0. The zero-order chi connectivity index (χ0) is 25.6. The Bertz CT molecular complexity index is 968. The Kier molecular flexibility index (Phi) is 9.00. The summed E-state index contributed by atoms with van der Waals surface area (Å²) in [7, 11) is -1.87. The standard InChI is InChI=1S/C30H43NO3Si/c1-23(2)20-31(29(32)33-21-24-14-10-8-11-15-24)27-18-26(22-34-35(6,7)30(3,4)5)28(19-27)25-16-12-9-13-17-25/h8-17,26-28H,1,18-22H2,2-7H3. The Morgan fingerprint density at radius 3 is 2.20 bits per heavy atom. The molecule has 0 spiro atoms. The minimum absolute atomic E-state index is 0.0909. The number of benzene rings is 2. The van der Waals surface area contributed by atoms with Crippen LogP contribution in [0.5, 0.6) is 0 Å². The summed E-state index contributed by atoms with van der Waals surface area (Å²) in [6.07, 6.45) is 1.55. The SMILES string of the molecule is C=C(C)CN(C(=O)OCc1ccccc1)C1CC(CO[Si](C)(C)C(C)(C)C)C(c2ccccc2)C1. The lowest BCUT2D eigenvalue weighted by Crippen LogP contribution is -2.42. The number of nitrogens with zero attached hydrogens (tertiary/aromatic N) is 1. The Hall–Kier alpha value is -2.37. The number of hydrogen-bond donors (Lipinski definition) is 0. The van der Waals surface area contributed by atoms with Crippen LogP contribution in [-0.2, 0) is 15.8 Å². The van der Waals surface area contributed by atoms with E-state index in [2.05, 4.69) is 70.8 Å². The lowest BCUT2D eigenvalue weighted by molar-refractivity contribution is 0.0834. The molecule has 5 heteroatoms. The molecule has 0 aliphatic heterocycles. The lowest BCUT2D eigenvalue weighted by Gasteiger charge is -2.37. The maximum atomic E-state index is 13.3. The number of carbonyl (C=O) groups is 1. The van der Waals surface area contributed by atoms with Gasteiger partial charge in [0.15, 0.2) is 8.32 Å². The molecule has 3 rings (SSSR count). The second-order valence-corrected chi connectivity index (χ2v) is 16.4. The molecule has 0 saturated heterocycles. The molecule has 3 atom stereocenters. The molecule has 1 aliphatic rings. The third-order valence-corrected chi connectivity index (χ3v) is 12.2. The highest BCUT2D eigenvalue weighted by Crippen LogP contribution is 2.44. The van der Waals surface area contributed by atoms with Gasteiger partial charge in [-0.3, -0.25) is 0 Å². The van der Waals surface area contributed by atoms with E-state index < -0.39 is 8.32 Å². The molecular formula is C30H43NO3Si. The normalized spacial score (nSPS) is 20.5. The van der Waals surface area contributed by atoms with E-state index in [-0.39, 0.29) is 23.8 Å². The van der Waals surface area contributed by atoms with Crippen LogP contribution in [0.1, 0.15) is 57.6 Å². The summed E-state index contributed by atoms with van der Waals surface area (Å²) in [5, 5.41) is 0.167. The summed E-state index contributed by atoms with van der Waals surface area (Å²) in [5.74, 6) is 0.701. The Balaban J connectivity index is 1.78. The fourth-order valence-corrected chi connectivity index (χ4v) is 5.67. The monoisotopic (exact) mass is 493 g/mol. The van der Waals surface area contributed by atoms with Crippen molar-refractivity contribution in [2.75, 3.05) is 13.2 Å². The number of ether oxygens (including phenoxy) is 1. The zero-order valence-corrected chi connectivity index (χ0v) is 23.4. The van der Waals surface area contributed by atoms with Gasteiger partial charge in [0.05, 0.1) is 0 Å². The van der Waals surface area contributed by atoms with Crippen molar-refractivity contribution in [2.24, 2.45) is 5.92 Å². The van der Waals surface area contributed by atoms with Gasteiger partial charge in [-0.2, -0.15) is 0 Å². The van der Waals surface area contributed by atoms with Crippen molar-refractivity contribution >= 4 is 14.4 Å². The van der Waals surface area contributed by atoms with Gasteiger partial charge in [0.25, 0.3) is 0 Å². The minimum atomic E-state index is -1.87. The maximum Gasteiger partial charge on any atom is 0.410 e. The molecule has 2 aromatic carbocycles. The summed E-state index contributed by atoms with van der Waals surface area (Å²) in [4.78, 5) is 15.2. The molecule has 0 N–H and O–H groups in total. The van der Waals surface area contributed by atoms with E-state index in [1.54, 1.807) is 0 Å². The van der Waals surface area contributed by atoms with Gasteiger partial charge in [0, 0.05) is 19.2 Å². The molecule has 2 aromatic rings. The number of amides is 1. The highest BCUT2D eigenvalue weighted by atomic mass is 28.4. The number of rotatable bonds is 9. The van der Waals surface area contributed by atoms with Crippen LogP contribution >= 0.6 is 0 Å². The van der Waals surface area contributed by atoms with Crippen LogP contribution in [0.4, 0.5) is 4.79 Å². The Morgan fingerprint density at radius 2 is 1.63 bits per heavy atom. The van der Waals surface area contributed by atoms with Gasteiger partial charge < -0.3 is 14.1 Å². The molecule has 35 heavy (non-hydrogen) atoms. The highest BCUT2D eigenvalue weighted by molar-refractivity contribution is 6.74. The predicted molar refractivity (Wildman–Crippen MR) is 147 cm³/mol. The van der Waals surface area contributed by atoms with Gasteiger partial charge in [-0.1, -0.05) is 93.6 Å². The molecule has 0 bridgehead atoms. The third-order valence-electron chi connectivity index (χ3n) is 7.68. The fourth-order valence-electron chi connectivity index (χ4n) is 4.61. The van der Waals surface area contributed by atoms with Gasteiger partial charge in [0.1, 0.15) is 6.61 Å². The zero-order valence-electron chi connectivity index (χ0n) is 22.4. The van der Waals surface area contributed by atoms with Crippen molar-refractivity contribution in [1.29, 1.82) is 0 Å². The predicted octanol–water partition coefficient (Wildman–Crippen LogP) is 7.79.